The highest BCUT2D eigenvalue weighted by molar-refractivity contribution is 7.89. The fourth-order valence-electron chi connectivity index (χ4n) is 3.28. The third-order valence-corrected chi connectivity index (χ3v) is 6.81. The number of methoxy groups -OCH3 is 1. The predicted molar refractivity (Wildman–Crippen MR) is 106 cm³/mol. The van der Waals surface area contributed by atoms with Gasteiger partial charge in [0.15, 0.2) is 5.75 Å². The Morgan fingerprint density at radius 3 is 2.60 bits per heavy atom. The van der Waals surface area contributed by atoms with Gasteiger partial charge in [-0.15, -0.1) is 0 Å². The van der Waals surface area contributed by atoms with Crippen LogP contribution in [0, 0.1) is 10.1 Å². The number of carbonyl (C=O) groups excluding carboxylic acids is 1. The van der Waals surface area contributed by atoms with E-state index < -0.39 is 20.6 Å². The molecule has 11 nitrogen and oxygen atoms in total. The van der Waals surface area contributed by atoms with Crippen LogP contribution >= 0.6 is 0 Å². The largest absolute Gasteiger partial charge is 0.490 e. The molecule has 0 aliphatic carbocycles. The number of aromatic nitrogens is 2. The van der Waals surface area contributed by atoms with E-state index in [0.717, 1.165) is 6.07 Å². The van der Waals surface area contributed by atoms with E-state index in [9.17, 15) is 23.3 Å². The highest BCUT2D eigenvalue weighted by Crippen LogP contribution is 2.30. The Kier molecular flexibility index (Phi) is 6.67. The molecule has 1 amide bonds. The molecule has 0 spiro atoms. The fraction of sp³-hybridized carbons (Fsp3) is 0.444. The number of sulfonamides is 1. The molecule has 1 aromatic carbocycles. The molecule has 0 bridgehead atoms. The van der Waals surface area contributed by atoms with Crippen LogP contribution in [0.2, 0.25) is 0 Å². The first-order valence-corrected chi connectivity index (χ1v) is 10.8. The number of ether oxygens (including phenoxy) is 1. The van der Waals surface area contributed by atoms with Crippen LogP contribution in [0.5, 0.6) is 5.75 Å². The van der Waals surface area contributed by atoms with Gasteiger partial charge in [-0.3, -0.25) is 19.6 Å². The highest BCUT2D eigenvalue weighted by Gasteiger charge is 2.31. The standard InChI is InChI=1S/C18H23N5O6S/c1-29-17-6-5-15(14-16(17)23(25)26)30(27,28)22-12-10-20(11-13-22)18(24)4-2-8-21-9-3-7-19-21/h3,5-7,9,14H,2,4,8,10-13H2,1H3. The zero-order valence-electron chi connectivity index (χ0n) is 16.5. The Bertz CT molecular complexity index is 1000. The molecule has 2 heterocycles. The molecule has 0 radical (unpaired) electrons. The number of amides is 1. The van der Waals surface area contributed by atoms with Gasteiger partial charge in [0, 0.05) is 57.6 Å². The molecule has 2 aromatic rings. The maximum atomic E-state index is 12.9. The lowest BCUT2D eigenvalue weighted by Gasteiger charge is -2.34. The molecule has 0 atom stereocenters. The minimum atomic E-state index is -3.91. The van der Waals surface area contributed by atoms with E-state index >= 15 is 0 Å². The zero-order chi connectivity index (χ0) is 21.7. The van der Waals surface area contributed by atoms with Gasteiger partial charge in [-0.05, 0) is 24.6 Å². The third-order valence-electron chi connectivity index (χ3n) is 4.91. The average Bonchev–Trinajstić information content (AvgIpc) is 3.26. The number of aryl methyl sites for hydroxylation is 1. The molecule has 1 aromatic heterocycles. The van der Waals surface area contributed by atoms with E-state index in [4.69, 9.17) is 4.74 Å². The van der Waals surface area contributed by atoms with Gasteiger partial charge in [0.1, 0.15) is 0 Å². The number of nitro benzene ring substituents is 1. The molecule has 1 aliphatic heterocycles. The van der Waals surface area contributed by atoms with E-state index in [1.165, 1.54) is 23.5 Å². The van der Waals surface area contributed by atoms with Crippen molar-refractivity contribution >= 4 is 21.6 Å². The lowest BCUT2D eigenvalue weighted by molar-refractivity contribution is -0.386. The van der Waals surface area contributed by atoms with Crippen molar-refractivity contribution in [1.29, 1.82) is 0 Å². The molecular weight excluding hydrogens is 414 g/mol. The van der Waals surface area contributed by atoms with Crippen molar-refractivity contribution in [1.82, 2.24) is 19.0 Å². The van der Waals surface area contributed by atoms with Crippen molar-refractivity contribution in [2.45, 2.75) is 24.3 Å². The van der Waals surface area contributed by atoms with Crippen LogP contribution in [0.25, 0.3) is 0 Å². The van der Waals surface area contributed by atoms with Crippen molar-refractivity contribution in [3.8, 4) is 5.75 Å². The van der Waals surface area contributed by atoms with Crippen molar-refractivity contribution in [3.05, 3.63) is 46.8 Å². The highest BCUT2D eigenvalue weighted by atomic mass is 32.2. The van der Waals surface area contributed by atoms with E-state index in [1.54, 1.807) is 15.8 Å². The molecule has 30 heavy (non-hydrogen) atoms. The maximum absolute atomic E-state index is 12.9. The number of hydrogen-bond acceptors (Lipinski definition) is 7. The quantitative estimate of drug-likeness (QED) is 0.447. The second kappa shape index (κ2) is 9.22. The Hall–Kier alpha value is -2.99. The summed E-state index contributed by atoms with van der Waals surface area (Å²) in [5.74, 6) is -0.0382. The van der Waals surface area contributed by atoms with Crippen LogP contribution < -0.4 is 4.74 Å². The normalized spacial score (nSPS) is 15.2. The summed E-state index contributed by atoms with van der Waals surface area (Å²) in [4.78, 5) is 24.4. The average molecular weight is 437 g/mol. The van der Waals surface area contributed by atoms with Crippen molar-refractivity contribution in [2.24, 2.45) is 0 Å². The lowest BCUT2D eigenvalue weighted by Crippen LogP contribution is -2.50. The number of benzene rings is 1. The second-order valence-corrected chi connectivity index (χ2v) is 8.69. The van der Waals surface area contributed by atoms with Gasteiger partial charge in [0.05, 0.1) is 16.9 Å². The van der Waals surface area contributed by atoms with Gasteiger partial charge in [0.25, 0.3) is 0 Å². The SMILES string of the molecule is COc1ccc(S(=O)(=O)N2CCN(C(=O)CCCn3cccn3)CC2)cc1[N+](=O)[O-]. The topological polar surface area (TPSA) is 128 Å². The number of nitro groups is 1. The van der Waals surface area contributed by atoms with Gasteiger partial charge < -0.3 is 9.64 Å². The molecule has 0 unspecified atom stereocenters. The first-order chi connectivity index (χ1) is 14.3. The van der Waals surface area contributed by atoms with E-state index in [2.05, 4.69) is 5.10 Å². The molecule has 162 valence electrons. The van der Waals surface area contributed by atoms with Crippen LogP contribution in [0.1, 0.15) is 12.8 Å². The molecular formula is C18H23N5O6S. The Morgan fingerprint density at radius 2 is 2.00 bits per heavy atom. The van der Waals surface area contributed by atoms with Crippen LogP contribution in [0.3, 0.4) is 0 Å². The summed E-state index contributed by atoms with van der Waals surface area (Å²) < 4.78 is 33.7. The summed E-state index contributed by atoms with van der Waals surface area (Å²) in [5, 5.41) is 15.3. The van der Waals surface area contributed by atoms with Gasteiger partial charge in [-0.2, -0.15) is 9.40 Å². The van der Waals surface area contributed by atoms with Crippen LogP contribution in [0.15, 0.2) is 41.6 Å². The molecule has 1 fully saturated rings. The summed E-state index contributed by atoms with van der Waals surface area (Å²) >= 11 is 0. The molecule has 3 rings (SSSR count). The molecule has 1 aliphatic rings. The number of piperazine rings is 1. The van der Waals surface area contributed by atoms with E-state index in [1.807, 2.05) is 12.3 Å². The maximum Gasteiger partial charge on any atom is 0.312 e. The molecule has 12 heteroatoms. The summed E-state index contributed by atoms with van der Waals surface area (Å²) in [7, 11) is -2.64. The van der Waals surface area contributed by atoms with Crippen LogP contribution in [-0.2, 0) is 21.4 Å². The van der Waals surface area contributed by atoms with Gasteiger partial charge >= 0.3 is 5.69 Å². The summed E-state index contributed by atoms with van der Waals surface area (Å²) in [6.45, 7) is 1.46. The first kappa shape index (κ1) is 21.7. The Morgan fingerprint density at radius 1 is 1.27 bits per heavy atom. The van der Waals surface area contributed by atoms with E-state index in [0.29, 0.717) is 19.4 Å². The Labute approximate surface area is 174 Å². The van der Waals surface area contributed by atoms with Gasteiger partial charge in [-0.25, -0.2) is 8.42 Å². The monoisotopic (exact) mass is 437 g/mol. The van der Waals surface area contributed by atoms with Crippen LogP contribution in [0.4, 0.5) is 5.69 Å². The van der Waals surface area contributed by atoms with E-state index in [-0.39, 0.29) is 42.7 Å². The summed E-state index contributed by atoms with van der Waals surface area (Å²) in [6.07, 6.45) is 4.52. The fourth-order valence-corrected chi connectivity index (χ4v) is 4.73. The smallest absolute Gasteiger partial charge is 0.312 e. The lowest BCUT2D eigenvalue weighted by atomic mass is 10.2. The number of hydrogen-bond donors (Lipinski definition) is 0. The van der Waals surface area contributed by atoms with Crippen molar-refractivity contribution in [2.75, 3.05) is 33.3 Å². The Balaban J connectivity index is 1.59. The van der Waals surface area contributed by atoms with Crippen LogP contribution in [-0.4, -0.2) is 71.5 Å². The number of nitrogens with zero attached hydrogens (tertiary/aromatic N) is 5. The zero-order valence-corrected chi connectivity index (χ0v) is 17.3. The minimum absolute atomic E-state index is 0.00974. The van der Waals surface area contributed by atoms with Gasteiger partial charge in [-0.1, -0.05) is 0 Å². The second-order valence-electron chi connectivity index (χ2n) is 6.75. The molecule has 1 saturated heterocycles. The van der Waals surface area contributed by atoms with Gasteiger partial charge in [0.2, 0.25) is 15.9 Å². The minimum Gasteiger partial charge on any atom is -0.490 e. The summed E-state index contributed by atoms with van der Waals surface area (Å²) in [6, 6.07) is 5.37. The summed E-state index contributed by atoms with van der Waals surface area (Å²) in [5.41, 5.74) is -0.412. The first-order valence-electron chi connectivity index (χ1n) is 9.40. The van der Waals surface area contributed by atoms with Crippen molar-refractivity contribution < 1.29 is 22.9 Å². The molecule has 0 N–H and O–H groups in total. The number of rotatable bonds is 8. The predicted octanol–water partition coefficient (Wildman–Crippen LogP) is 1.11. The molecule has 0 saturated carbocycles. The van der Waals surface area contributed by atoms with Crippen molar-refractivity contribution in [3.63, 3.8) is 0 Å². The third kappa shape index (κ3) is 4.76. The number of carbonyl (C=O) groups is 1.